The standard InChI is InChI=1S/C21H29N5.HI/c1-16-8-7-11-23-20(16)13-24-21(22-3)25-19-12-17(2)26(15-19)14-18-9-5-4-6-10-18;/h4-11,17,19H,12-15H2,1-3H3,(H2,22,24,25);1H. The van der Waals surface area contributed by atoms with E-state index in [0.717, 1.165) is 31.2 Å². The van der Waals surface area contributed by atoms with E-state index in [1.54, 1.807) is 0 Å². The van der Waals surface area contributed by atoms with Gasteiger partial charge in [0.15, 0.2) is 5.96 Å². The van der Waals surface area contributed by atoms with Gasteiger partial charge in [0.2, 0.25) is 0 Å². The van der Waals surface area contributed by atoms with E-state index in [9.17, 15) is 0 Å². The van der Waals surface area contributed by atoms with E-state index >= 15 is 0 Å². The summed E-state index contributed by atoms with van der Waals surface area (Å²) in [4.78, 5) is 11.3. The number of aromatic nitrogens is 1. The molecule has 1 fully saturated rings. The molecule has 2 atom stereocenters. The van der Waals surface area contributed by atoms with Crippen LogP contribution in [0.1, 0.15) is 30.2 Å². The number of halogens is 1. The van der Waals surface area contributed by atoms with E-state index in [0.29, 0.717) is 18.6 Å². The highest BCUT2D eigenvalue weighted by Crippen LogP contribution is 2.20. The summed E-state index contributed by atoms with van der Waals surface area (Å²) in [5.41, 5.74) is 3.62. The lowest BCUT2D eigenvalue weighted by atomic mass is 10.2. The van der Waals surface area contributed by atoms with Gasteiger partial charge in [0, 0.05) is 38.4 Å². The maximum atomic E-state index is 4.43. The van der Waals surface area contributed by atoms with Crippen molar-refractivity contribution in [1.29, 1.82) is 0 Å². The summed E-state index contributed by atoms with van der Waals surface area (Å²) >= 11 is 0. The number of guanidine groups is 1. The first-order chi connectivity index (χ1) is 12.7. The predicted molar refractivity (Wildman–Crippen MR) is 122 cm³/mol. The topological polar surface area (TPSA) is 52.6 Å². The summed E-state index contributed by atoms with van der Waals surface area (Å²) < 4.78 is 0. The van der Waals surface area contributed by atoms with E-state index in [1.165, 1.54) is 11.1 Å². The molecule has 2 unspecified atom stereocenters. The molecule has 146 valence electrons. The lowest BCUT2D eigenvalue weighted by Crippen LogP contribution is -2.44. The fraction of sp³-hybridized carbons (Fsp3) is 0.429. The van der Waals surface area contributed by atoms with Crippen LogP contribution in [0.25, 0.3) is 0 Å². The largest absolute Gasteiger partial charge is 0.352 e. The molecule has 0 amide bonds. The molecule has 1 saturated heterocycles. The second-order valence-corrected chi connectivity index (χ2v) is 7.03. The minimum absolute atomic E-state index is 0. The van der Waals surface area contributed by atoms with Gasteiger partial charge in [-0.15, -0.1) is 24.0 Å². The zero-order valence-corrected chi connectivity index (χ0v) is 18.7. The number of pyridine rings is 1. The second kappa shape index (κ2) is 10.6. The summed E-state index contributed by atoms with van der Waals surface area (Å²) in [6, 6.07) is 15.7. The molecule has 0 spiro atoms. The van der Waals surface area contributed by atoms with Crippen molar-refractivity contribution in [2.75, 3.05) is 13.6 Å². The maximum absolute atomic E-state index is 4.43. The Morgan fingerprint density at radius 1 is 1.22 bits per heavy atom. The number of hydrogen-bond acceptors (Lipinski definition) is 3. The zero-order valence-electron chi connectivity index (χ0n) is 16.4. The molecular weight excluding hydrogens is 449 g/mol. The number of nitrogens with one attached hydrogen (secondary N) is 2. The normalized spacial score (nSPS) is 20.2. The van der Waals surface area contributed by atoms with Gasteiger partial charge in [-0.05, 0) is 37.5 Å². The van der Waals surface area contributed by atoms with Gasteiger partial charge >= 0.3 is 0 Å². The molecule has 2 heterocycles. The summed E-state index contributed by atoms with van der Waals surface area (Å²) in [5.74, 6) is 0.841. The van der Waals surface area contributed by atoms with E-state index in [-0.39, 0.29) is 24.0 Å². The number of likely N-dealkylation sites (tertiary alicyclic amines) is 1. The first-order valence-electron chi connectivity index (χ1n) is 9.31. The lowest BCUT2D eigenvalue weighted by molar-refractivity contribution is 0.258. The van der Waals surface area contributed by atoms with Crippen LogP contribution in [-0.2, 0) is 13.1 Å². The molecule has 1 aromatic heterocycles. The van der Waals surface area contributed by atoms with E-state index in [1.807, 2.05) is 19.3 Å². The maximum Gasteiger partial charge on any atom is 0.191 e. The van der Waals surface area contributed by atoms with Gasteiger partial charge in [-0.3, -0.25) is 14.9 Å². The summed E-state index contributed by atoms with van der Waals surface area (Å²) in [6.07, 6.45) is 2.95. The smallest absolute Gasteiger partial charge is 0.191 e. The van der Waals surface area contributed by atoms with Gasteiger partial charge < -0.3 is 10.6 Å². The Hall–Kier alpha value is -1.67. The number of nitrogens with zero attached hydrogens (tertiary/aromatic N) is 3. The molecule has 1 aliphatic rings. The Kier molecular flexibility index (Phi) is 8.50. The second-order valence-electron chi connectivity index (χ2n) is 7.03. The van der Waals surface area contributed by atoms with Crippen LogP contribution in [0.3, 0.4) is 0 Å². The van der Waals surface area contributed by atoms with Crippen LogP contribution in [0.2, 0.25) is 0 Å². The molecule has 5 nitrogen and oxygen atoms in total. The van der Waals surface area contributed by atoms with E-state index in [4.69, 9.17) is 0 Å². The van der Waals surface area contributed by atoms with Crippen LogP contribution >= 0.6 is 24.0 Å². The first-order valence-corrected chi connectivity index (χ1v) is 9.31. The van der Waals surface area contributed by atoms with E-state index in [2.05, 4.69) is 75.8 Å². The lowest BCUT2D eigenvalue weighted by Gasteiger charge is -2.21. The van der Waals surface area contributed by atoms with Crippen LogP contribution in [0.15, 0.2) is 53.7 Å². The number of rotatable bonds is 5. The van der Waals surface area contributed by atoms with Crippen molar-refractivity contribution in [2.45, 2.75) is 45.4 Å². The van der Waals surface area contributed by atoms with Gasteiger partial charge in [-0.1, -0.05) is 36.4 Å². The average molecular weight is 479 g/mol. The number of hydrogen-bond donors (Lipinski definition) is 2. The van der Waals surface area contributed by atoms with Crippen molar-refractivity contribution in [1.82, 2.24) is 20.5 Å². The minimum Gasteiger partial charge on any atom is -0.352 e. The molecule has 0 radical (unpaired) electrons. The Morgan fingerprint density at radius 3 is 2.70 bits per heavy atom. The SMILES string of the molecule is CN=C(NCc1ncccc1C)NC1CC(C)N(Cc2ccccc2)C1.I. The van der Waals surface area contributed by atoms with Crippen molar-refractivity contribution in [2.24, 2.45) is 4.99 Å². The van der Waals surface area contributed by atoms with Gasteiger partial charge in [0.25, 0.3) is 0 Å². The highest BCUT2D eigenvalue weighted by Gasteiger charge is 2.29. The van der Waals surface area contributed by atoms with Gasteiger partial charge in [-0.25, -0.2) is 0 Å². The molecule has 0 bridgehead atoms. The fourth-order valence-corrected chi connectivity index (χ4v) is 3.50. The van der Waals surface area contributed by atoms with Crippen LogP contribution in [0.5, 0.6) is 0 Å². The third-order valence-corrected chi connectivity index (χ3v) is 5.04. The highest BCUT2D eigenvalue weighted by molar-refractivity contribution is 14.0. The van der Waals surface area contributed by atoms with Crippen LogP contribution in [0.4, 0.5) is 0 Å². The van der Waals surface area contributed by atoms with Crippen LogP contribution < -0.4 is 10.6 Å². The first kappa shape index (κ1) is 21.6. The molecule has 0 saturated carbocycles. The van der Waals surface area contributed by atoms with Crippen LogP contribution in [0, 0.1) is 6.92 Å². The molecule has 0 aliphatic carbocycles. The van der Waals surface area contributed by atoms with Gasteiger partial charge in [0.1, 0.15) is 0 Å². The molecule has 2 N–H and O–H groups in total. The predicted octanol–water partition coefficient (Wildman–Crippen LogP) is 3.34. The number of aliphatic imine (C=N–C) groups is 1. The monoisotopic (exact) mass is 479 g/mol. The quantitative estimate of drug-likeness (QED) is 0.393. The Balaban J connectivity index is 0.00000261. The zero-order chi connectivity index (χ0) is 18.4. The van der Waals surface area contributed by atoms with Gasteiger partial charge in [0.05, 0.1) is 12.2 Å². The van der Waals surface area contributed by atoms with Crippen LogP contribution in [-0.4, -0.2) is 41.5 Å². The van der Waals surface area contributed by atoms with Crippen molar-refractivity contribution in [3.63, 3.8) is 0 Å². The Labute approximate surface area is 179 Å². The fourth-order valence-electron chi connectivity index (χ4n) is 3.50. The third-order valence-electron chi connectivity index (χ3n) is 5.04. The van der Waals surface area contributed by atoms with E-state index < -0.39 is 0 Å². The molecule has 1 aromatic carbocycles. The van der Waals surface area contributed by atoms with Crippen molar-refractivity contribution in [3.8, 4) is 0 Å². The summed E-state index contributed by atoms with van der Waals surface area (Å²) in [5, 5.41) is 6.96. The Morgan fingerprint density at radius 2 is 2.00 bits per heavy atom. The minimum atomic E-state index is 0. The van der Waals surface area contributed by atoms with Crippen molar-refractivity contribution >= 4 is 29.9 Å². The molecule has 27 heavy (non-hydrogen) atoms. The molecule has 2 aromatic rings. The van der Waals surface area contributed by atoms with Crippen molar-refractivity contribution < 1.29 is 0 Å². The average Bonchev–Trinajstić information content (AvgIpc) is 2.99. The molecular formula is C21H30IN5. The number of aryl methyl sites for hydroxylation is 1. The van der Waals surface area contributed by atoms with Gasteiger partial charge in [-0.2, -0.15) is 0 Å². The van der Waals surface area contributed by atoms with Crippen molar-refractivity contribution in [3.05, 3.63) is 65.5 Å². The summed E-state index contributed by atoms with van der Waals surface area (Å²) in [6.45, 7) is 7.10. The molecule has 1 aliphatic heterocycles. The molecule has 3 rings (SSSR count). The highest BCUT2D eigenvalue weighted by atomic mass is 127. The molecule has 6 heteroatoms. The summed E-state index contributed by atoms with van der Waals surface area (Å²) in [7, 11) is 1.82. The number of benzene rings is 1. The Bertz CT molecular complexity index is 734. The third kappa shape index (κ3) is 6.17.